The molecule has 8 heteroatoms. The molecule has 0 atom stereocenters. The summed E-state index contributed by atoms with van der Waals surface area (Å²) >= 11 is 1.87. The van der Waals surface area contributed by atoms with Crippen LogP contribution in [0.3, 0.4) is 0 Å². The molecule has 0 bridgehead atoms. The minimum absolute atomic E-state index is 0.0446. The number of hydrogen-bond donors (Lipinski definition) is 0. The second-order valence-electron chi connectivity index (χ2n) is 5.47. The van der Waals surface area contributed by atoms with E-state index < -0.39 is 7.25 Å². The number of methoxy groups -OCH3 is 1. The third kappa shape index (κ3) is 5.02. The highest BCUT2D eigenvalue weighted by Gasteiger charge is 2.37. The van der Waals surface area contributed by atoms with E-state index in [9.17, 15) is 17.3 Å². The zero-order valence-corrected chi connectivity index (χ0v) is 15.9. The van der Waals surface area contributed by atoms with E-state index in [0.29, 0.717) is 0 Å². The highest BCUT2D eigenvalue weighted by atomic mass is 32.2. The number of fused-ring (bicyclic) bond motifs is 2. The van der Waals surface area contributed by atoms with Gasteiger partial charge in [0.1, 0.15) is 16.6 Å². The van der Waals surface area contributed by atoms with Crippen molar-refractivity contribution < 1.29 is 22.0 Å². The van der Waals surface area contributed by atoms with Crippen LogP contribution in [0.15, 0.2) is 97.3 Å². The van der Waals surface area contributed by atoms with Gasteiger partial charge < -0.3 is 22.0 Å². The maximum Gasteiger partial charge on any atom is 0.673 e. The zero-order chi connectivity index (χ0) is 19.4. The molecular formula is C19H15BF4OS2. The van der Waals surface area contributed by atoms with Crippen LogP contribution in [0.2, 0.25) is 0 Å². The number of hydrogen-bond acceptors (Lipinski definition) is 2. The molecule has 0 aliphatic carbocycles. The Morgan fingerprint density at radius 1 is 0.741 bits per heavy atom. The molecule has 1 heterocycles. The van der Waals surface area contributed by atoms with Crippen LogP contribution in [-0.2, 0) is 10.9 Å². The Bertz CT molecular complexity index is 865. The van der Waals surface area contributed by atoms with Crippen LogP contribution in [0.4, 0.5) is 17.3 Å². The van der Waals surface area contributed by atoms with Crippen molar-refractivity contribution in [3.8, 4) is 5.75 Å². The molecule has 1 aliphatic rings. The summed E-state index contributed by atoms with van der Waals surface area (Å²) in [5.74, 6) is 0.903. The molecule has 0 saturated heterocycles. The van der Waals surface area contributed by atoms with Crippen molar-refractivity contribution in [2.45, 2.75) is 24.5 Å². The van der Waals surface area contributed by atoms with E-state index in [-0.39, 0.29) is 10.9 Å². The van der Waals surface area contributed by atoms with Gasteiger partial charge in [0.2, 0.25) is 0 Å². The maximum atomic E-state index is 9.75. The van der Waals surface area contributed by atoms with E-state index in [2.05, 4.69) is 72.8 Å². The van der Waals surface area contributed by atoms with Gasteiger partial charge >= 0.3 is 7.25 Å². The van der Waals surface area contributed by atoms with Gasteiger partial charge in [-0.2, -0.15) is 0 Å². The quantitative estimate of drug-likeness (QED) is 0.210. The topological polar surface area (TPSA) is 9.23 Å². The molecule has 0 radical (unpaired) electrons. The molecule has 1 nitrogen and oxygen atoms in total. The summed E-state index contributed by atoms with van der Waals surface area (Å²) in [6.07, 6.45) is 0. The Balaban J connectivity index is 0.000000376. The third-order valence-corrected chi connectivity index (χ3v) is 7.40. The monoisotopic (exact) mass is 410 g/mol. The third-order valence-electron chi connectivity index (χ3n) is 3.65. The molecule has 0 amide bonds. The molecule has 0 N–H and O–H groups in total. The van der Waals surface area contributed by atoms with Gasteiger partial charge in [-0.1, -0.05) is 36.0 Å². The number of rotatable bonds is 2. The minimum Gasteiger partial charge on any atom is -0.497 e. The lowest BCUT2D eigenvalue weighted by Crippen LogP contribution is -2.10. The van der Waals surface area contributed by atoms with Gasteiger partial charge in [0.25, 0.3) is 0 Å². The average molecular weight is 410 g/mol. The van der Waals surface area contributed by atoms with Crippen molar-refractivity contribution in [2.24, 2.45) is 0 Å². The molecule has 140 valence electrons. The minimum atomic E-state index is -6.00. The van der Waals surface area contributed by atoms with Gasteiger partial charge in [-0.05, 0) is 48.5 Å². The summed E-state index contributed by atoms with van der Waals surface area (Å²) in [5, 5.41) is 0. The fourth-order valence-corrected chi connectivity index (χ4v) is 6.35. The first-order valence-corrected chi connectivity index (χ1v) is 10.0. The lowest BCUT2D eigenvalue weighted by molar-refractivity contribution is 0.368. The molecule has 3 aromatic rings. The van der Waals surface area contributed by atoms with Crippen LogP contribution < -0.4 is 4.74 Å². The van der Waals surface area contributed by atoms with Crippen molar-refractivity contribution in [1.29, 1.82) is 0 Å². The first kappa shape index (κ1) is 19.7. The smallest absolute Gasteiger partial charge is 0.497 e. The molecule has 0 spiro atoms. The predicted molar refractivity (Wildman–Crippen MR) is 102 cm³/mol. The molecule has 0 aromatic heterocycles. The fraction of sp³-hybridized carbons (Fsp3) is 0.0526. The summed E-state index contributed by atoms with van der Waals surface area (Å²) in [6.45, 7) is 0. The average Bonchev–Trinajstić information content (AvgIpc) is 2.65. The Morgan fingerprint density at radius 2 is 1.19 bits per heavy atom. The standard InChI is InChI=1S/C19H15OS2.BF4/c1-20-14-10-12-15(13-11-14)22-18-8-4-2-6-16(18)21-17-7-3-5-9-19(17)22;2-1(3,4)5/h2-13H,1H3;/q+1;-1. The molecule has 1 aliphatic heterocycles. The van der Waals surface area contributed by atoms with Crippen LogP contribution in [0.25, 0.3) is 0 Å². The van der Waals surface area contributed by atoms with Gasteiger partial charge in [0, 0.05) is 0 Å². The van der Waals surface area contributed by atoms with E-state index in [4.69, 9.17) is 4.74 Å². The van der Waals surface area contributed by atoms with Gasteiger partial charge in [-0.25, -0.2) is 0 Å². The highest BCUT2D eigenvalue weighted by molar-refractivity contribution is 8.04. The Hall–Kier alpha value is -2.06. The van der Waals surface area contributed by atoms with Crippen LogP contribution in [0, 0.1) is 0 Å². The summed E-state index contributed by atoms with van der Waals surface area (Å²) in [4.78, 5) is 6.88. The largest absolute Gasteiger partial charge is 0.673 e. The van der Waals surface area contributed by atoms with Crippen LogP contribution >= 0.6 is 11.8 Å². The SMILES string of the molecule is COc1ccc([S+]2c3ccccc3Sc3ccccc32)cc1.F[B-](F)(F)F. The zero-order valence-electron chi connectivity index (χ0n) is 14.2. The van der Waals surface area contributed by atoms with Crippen molar-refractivity contribution in [1.82, 2.24) is 0 Å². The molecule has 0 saturated carbocycles. The Morgan fingerprint density at radius 3 is 1.63 bits per heavy atom. The van der Waals surface area contributed by atoms with E-state index in [1.165, 1.54) is 24.5 Å². The number of halogens is 4. The summed E-state index contributed by atoms with van der Waals surface area (Å²) in [7, 11) is -4.34. The van der Waals surface area contributed by atoms with Gasteiger partial charge in [-0.3, -0.25) is 0 Å². The van der Waals surface area contributed by atoms with E-state index in [1.807, 2.05) is 11.8 Å². The first-order chi connectivity index (χ1) is 12.9. The van der Waals surface area contributed by atoms with Crippen LogP contribution in [-0.4, -0.2) is 14.4 Å². The summed E-state index contributed by atoms with van der Waals surface area (Å²) < 4.78 is 44.3. The summed E-state index contributed by atoms with van der Waals surface area (Å²) in [5.41, 5.74) is 0. The number of ether oxygens (including phenoxy) is 1. The predicted octanol–water partition coefficient (Wildman–Crippen LogP) is 6.56. The molecule has 27 heavy (non-hydrogen) atoms. The second kappa shape index (κ2) is 8.31. The maximum absolute atomic E-state index is 9.75. The van der Waals surface area contributed by atoms with Crippen LogP contribution in [0.1, 0.15) is 0 Å². The molecule has 0 unspecified atom stereocenters. The van der Waals surface area contributed by atoms with Crippen molar-refractivity contribution >= 4 is 29.9 Å². The van der Waals surface area contributed by atoms with E-state index >= 15 is 0 Å². The van der Waals surface area contributed by atoms with Crippen LogP contribution in [0.5, 0.6) is 5.75 Å². The first-order valence-electron chi connectivity index (χ1n) is 7.98. The lowest BCUT2D eigenvalue weighted by Gasteiger charge is -2.18. The van der Waals surface area contributed by atoms with Crippen molar-refractivity contribution in [2.75, 3.05) is 7.11 Å². The van der Waals surface area contributed by atoms with E-state index in [1.54, 1.807) is 7.11 Å². The van der Waals surface area contributed by atoms with Gasteiger partial charge in [0.15, 0.2) is 14.7 Å². The Labute approximate surface area is 162 Å². The lowest BCUT2D eigenvalue weighted by atomic mass is 10.3. The highest BCUT2D eigenvalue weighted by Crippen LogP contribution is 2.48. The molecule has 0 fully saturated rings. The number of benzene rings is 3. The molecule has 4 rings (SSSR count). The Kier molecular flexibility index (Phi) is 6.06. The fourth-order valence-electron chi connectivity index (χ4n) is 2.61. The van der Waals surface area contributed by atoms with Gasteiger partial charge in [0.05, 0.1) is 16.9 Å². The van der Waals surface area contributed by atoms with E-state index in [0.717, 1.165) is 5.75 Å². The molecule has 3 aromatic carbocycles. The summed E-state index contributed by atoms with van der Waals surface area (Å²) in [6, 6.07) is 25.9. The molecular weight excluding hydrogens is 395 g/mol. The van der Waals surface area contributed by atoms with Gasteiger partial charge in [-0.15, -0.1) is 0 Å². The normalized spacial score (nSPS) is 13.1. The van der Waals surface area contributed by atoms with Crippen molar-refractivity contribution in [3.05, 3.63) is 72.8 Å². The second-order valence-corrected chi connectivity index (χ2v) is 8.52. The van der Waals surface area contributed by atoms with Crippen molar-refractivity contribution in [3.63, 3.8) is 0 Å².